The third-order valence-electron chi connectivity index (χ3n) is 13.1. The molecule has 0 spiro atoms. The number of carbonyl (C=O) groups is 2. The Balaban J connectivity index is 4.32. The van der Waals surface area contributed by atoms with Crippen molar-refractivity contribution in [3.63, 3.8) is 0 Å². The molecule has 0 heterocycles. The third kappa shape index (κ3) is 59.4. The number of allylic oxidation sites excluding steroid dienone is 16. The van der Waals surface area contributed by atoms with Gasteiger partial charge < -0.3 is 14.2 Å². The van der Waals surface area contributed by atoms with E-state index in [2.05, 4.69) is 118 Å². The van der Waals surface area contributed by atoms with Crippen molar-refractivity contribution in [2.24, 2.45) is 0 Å². The first-order valence-electron chi connectivity index (χ1n) is 30.8. The topological polar surface area (TPSA) is 61.8 Å². The van der Waals surface area contributed by atoms with Gasteiger partial charge >= 0.3 is 11.9 Å². The van der Waals surface area contributed by atoms with E-state index in [9.17, 15) is 9.59 Å². The maximum Gasteiger partial charge on any atom is 0.306 e. The molecule has 0 aliphatic carbocycles. The fraction of sp³-hybridized carbons (Fsp3) is 0.731. The van der Waals surface area contributed by atoms with Gasteiger partial charge in [-0.1, -0.05) is 279 Å². The molecule has 0 amide bonds. The standard InChI is InChI=1S/C67H116O5/c1-4-7-10-13-16-19-22-25-28-31-33-35-38-41-44-47-50-53-56-59-62-70-63-65(72-67(69)61-58-55-52-49-46-43-40-36-30-27-24-21-18-15-12-9-6-3)64-71-66(68)60-57-54-51-48-45-42-39-37-34-32-29-26-23-20-17-14-11-8-5-2/h7-8,10-11,16-17,19-20,25-26,28-29,33-35,37,65H,4-6,9,12-15,18,21-24,27,30-32,36,38-64H2,1-3H3/b10-7-,11-8-,19-16-,20-17-,28-25-,29-26-,35-33-,37-34-. The molecule has 5 nitrogen and oxygen atoms in total. The van der Waals surface area contributed by atoms with Gasteiger partial charge in [-0.05, 0) is 96.3 Å². The molecular weight excluding hydrogens is 885 g/mol. The smallest absolute Gasteiger partial charge is 0.306 e. The van der Waals surface area contributed by atoms with Crippen LogP contribution in [-0.4, -0.2) is 37.9 Å². The van der Waals surface area contributed by atoms with Crippen LogP contribution in [0.3, 0.4) is 0 Å². The highest BCUT2D eigenvalue weighted by atomic mass is 16.6. The Morgan fingerprint density at radius 3 is 1.00 bits per heavy atom. The molecule has 0 saturated heterocycles. The predicted molar refractivity (Wildman–Crippen MR) is 316 cm³/mol. The van der Waals surface area contributed by atoms with Crippen molar-refractivity contribution >= 4 is 11.9 Å². The molecule has 1 atom stereocenters. The lowest BCUT2D eigenvalue weighted by molar-refractivity contribution is -0.163. The summed E-state index contributed by atoms with van der Waals surface area (Å²) in [4.78, 5) is 25.6. The number of esters is 2. The average molecular weight is 1000 g/mol. The van der Waals surface area contributed by atoms with Crippen molar-refractivity contribution in [2.75, 3.05) is 19.8 Å². The molecule has 0 aromatic heterocycles. The van der Waals surface area contributed by atoms with Gasteiger partial charge in [0.2, 0.25) is 0 Å². The molecule has 0 aromatic rings. The van der Waals surface area contributed by atoms with Crippen LogP contribution in [0.2, 0.25) is 0 Å². The third-order valence-corrected chi connectivity index (χ3v) is 13.1. The minimum atomic E-state index is -0.553. The van der Waals surface area contributed by atoms with Crippen LogP contribution in [-0.2, 0) is 23.8 Å². The van der Waals surface area contributed by atoms with Crippen LogP contribution < -0.4 is 0 Å². The highest BCUT2D eigenvalue weighted by Crippen LogP contribution is 2.16. The van der Waals surface area contributed by atoms with Gasteiger partial charge in [0.15, 0.2) is 6.10 Å². The number of ether oxygens (including phenoxy) is 3. The summed E-state index contributed by atoms with van der Waals surface area (Å²) in [7, 11) is 0. The molecule has 0 fully saturated rings. The summed E-state index contributed by atoms with van der Waals surface area (Å²) in [6.45, 7) is 7.60. The Hall–Kier alpha value is -3.18. The molecule has 0 saturated carbocycles. The quantitative estimate of drug-likeness (QED) is 0.0345. The molecule has 0 bridgehead atoms. The van der Waals surface area contributed by atoms with Crippen LogP contribution in [0.1, 0.15) is 290 Å². The minimum absolute atomic E-state index is 0.0713. The van der Waals surface area contributed by atoms with Gasteiger partial charge in [0.1, 0.15) is 6.61 Å². The second-order valence-corrected chi connectivity index (χ2v) is 20.2. The first-order valence-corrected chi connectivity index (χ1v) is 30.8. The van der Waals surface area contributed by atoms with E-state index in [-0.39, 0.29) is 25.2 Å². The van der Waals surface area contributed by atoms with Crippen molar-refractivity contribution in [3.05, 3.63) is 97.2 Å². The summed E-state index contributed by atoms with van der Waals surface area (Å²) in [5.74, 6) is -0.411. The summed E-state index contributed by atoms with van der Waals surface area (Å²) < 4.78 is 17.5. The van der Waals surface area contributed by atoms with Crippen LogP contribution in [0.15, 0.2) is 97.2 Å². The second-order valence-electron chi connectivity index (χ2n) is 20.2. The molecule has 1 unspecified atom stereocenters. The van der Waals surface area contributed by atoms with E-state index in [1.807, 2.05) is 0 Å². The van der Waals surface area contributed by atoms with Crippen LogP contribution in [0.5, 0.6) is 0 Å². The SMILES string of the molecule is CC/C=C\C/C=C\C/C=C\C/C=C\CCCCCCCCCOCC(COC(=O)CCCCCCCC/C=C\C/C=C\C/C=C\C/C=C\CC)OC(=O)CCCCCCCCCCCCCCCCCCC. The Labute approximate surface area is 447 Å². The maximum absolute atomic E-state index is 12.9. The van der Waals surface area contributed by atoms with Crippen molar-refractivity contribution in [1.82, 2.24) is 0 Å². The zero-order valence-electron chi connectivity index (χ0n) is 47.7. The molecule has 0 N–H and O–H groups in total. The summed E-state index contributed by atoms with van der Waals surface area (Å²) in [5.41, 5.74) is 0. The van der Waals surface area contributed by atoms with Gasteiger partial charge in [0.25, 0.3) is 0 Å². The Bertz CT molecular complexity index is 1360. The monoisotopic (exact) mass is 1000 g/mol. The van der Waals surface area contributed by atoms with Crippen molar-refractivity contribution in [1.29, 1.82) is 0 Å². The largest absolute Gasteiger partial charge is 0.462 e. The second kappa shape index (κ2) is 62.1. The number of rotatable bonds is 56. The Kier molecular flexibility index (Phi) is 59.4. The van der Waals surface area contributed by atoms with Crippen molar-refractivity contribution < 1.29 is 23.8 Å². The normalized spacial score (nSPS) is 12.9. The lowest BCUT2D eigenvalue weighted by Gasteiger charge is -2.18. The Morgan fingerprint density at radius 1 is 0.319 bits per heavy atom. The van der Waals surface area contributed by atoms with Crippen molar-refractivity contribution in [2.45, 2.75) is 297 Å². The zero-order chi connectivity index (χ0) is 52.0. The first-order chi connectivity index (χ1) is 35.6. The van der Waals surface area contributed by atoms with Crippen LogP contribution >= 0.6 is 0 Å². The number of hydrogen-bond acceptors (Lipinski definition) is 5. The molecular formula is C67H116O5. The van der Waals surface area contributed by atoms with Gasteiger partial charge in [-0.3, -0.25) is 9.59 Å². The van der Waals surface area contributed by atoms with Crippen LogP contribution in [0, 0.1) is 0 Å². The molecule has 0 aliphatic rings. The van der Waals surface area contributed by atoms with E-state index in [0.717, 1.165) is 103 Å². The fourth-order valence-electron chi connectivity index (χ4n) is 8.61. The number of unbranched alkanes of at least 4 members (excludes halogenated alkanes) is 29. The van der Waals surface area contributed by atoms with E-state index in [1.165, 1.54) is 154 Å². The lowest BCUT2D eigenvalue weighted by Crippen LogP contribution is -2.30. The number of carbonyl (C=O) groups excluding carboxylic acids is 2. The summed E-state index contributed by atoms with van der Waals surface area (Å²) in [6, 6.07) is 0. The van der Waals surface area contributed by atoms with E-state index in [1.54, 1.807) is 0 Å². The molecule has 0 aliphatic heterocycles. The van der Waals surface area contributed by atoms with Gasteiger partial charge in [0.05, 0.1) is 6.61 Å². The van der Waals surface area contributed by atoms with E-state index >= 15 is 0 Å². The molecule has 72 heavy (non-hydrogen) atoms. The van der Waals surface area contributed by atoms with E-state index in [4.69, 9.17) is 14.2 Å². The molecule has 0 aromatic carbocycles. The molecule has 414 valence electrons. The van der Waals surface area contributed by atoms with Crippen molar-refractivity contribution in [3.8, 4) is 0 Å². The molecule has 0 radical (unpaired) electrons. The van der Waals surface area contributed by atoms with E-state index in [0.29, 0.717) is 19.4 Å². The summed E-state index contributed by atoms with van der Waals surface area (Å²) in [6.07, 6.45) is 84.3. The summed E-state index contributed by atoms with van der Waals surface area (Å²) in [5, 5.41) is 0. The average Bonchev–Trinajstić information content (AvgIpc) is 3.38. The molecule has 0 rings (SSSR count). The minimum Gasteiger partial charge on any atom is -0.462 e. The van der Waals surface area contributed by atoms with Crippen LogP contribution in [0.25, 0.3) is 0 Å². The van der Waals surface area contributed by atoms with Gasteiger partial charge in [-0.2, -0.15) is 0 Å². The first kappa shape index (κ1) is 68.8. The van der Waals surface area contributed by atoms with Gasteiger partial charge in [0, 0.05) is 19.4 Å². The zero-order valence-corrected chi connectivity index (χ0v) is 47.7. The fourth-order valence-corrected chi connectivity index (χ4v) is 8.61. The lowest BCUT2D eigenvalue weighted by atomic mass is 10.0. The predicted octanol–water partition coefficient (Wildman–Crippen LogP) is 21.4. The van der Waals surface area contributed by atoms with Gasteiger partial charge in [-0.25, -0.2) is 0 Å². The Morgan fingerprint density at radius 2 is 0.625 bits per heavy atom. The van der Waals surface area contributed by atoms with E-state index < -0.39 is 6.10 Å². The number of hydrogen-bond donors (Lipinski definition) is 0. The molecule has 5 heteroatoms. The highest BCUT2D eigenvalue weighted by Gasteiger charge is 2.17. The van der Waals surface area contributed by atoms with Crippen LogP contribution in [0.4, 0.5) is 0 Å². The maximum atomic E-state index is 12.9. The summed E-state index contributed by atoms with van der Waals surface area (Å²) >= 11 is 0. The highest BCUT2D eigenvalue weighted by molar-refractivity contribution is 5.70. The van der Waals surface area contributed by atoms with Gasteiger partial charge in [-0.15, -0.1) is 0 Å².